The van der Waals surface area contributed by atoms with E-state index in [1.165, 1.54) is 32.2 Å². The first kappa shape index (κ1) is 12.3. The van der Waals surface area contributed by atoms with Crippen LogP contribution < -0.4 is 5.32 Å². The van der Waals surface area contributed by atoms with Gasteiger partial charge in [0, 0.05) is 31.8 Å². The third-order valence-electron chi connectivity index (χ3n) is 4.03. The molecule has 0 aromatic carbocycles. The number of nitrogens with zero attached hydrogens (tertiary/aromatic N) is 1. The number of rotatable bonds is 6. The Morgan fingerprint density at radius 1 is 1.25 bits per heavy atom. The first-order chi connectivity index (χ1) is 7.77. The molecule has 0 radical (unpaired) electrons. The summed E-state index contributed by atoms with van der Waals surface area (Å²) < 4.78 is 5.37. The summed E-state index contributed by atoms with van der Waals surface area (Å²) >= 11 is 0. The molecule has 0 spiro atoms. The Bertz CT molecular complexity index is 200. The quantitative estimate of drug-likeness (QED) is 0.742. The van der Waals surface area contributed by atoms with Gasteiger partial charge in [-0.3, -0.25) is 4.90 Å². The molecule has 1 N–H and O–H groups in total. The summed E-state index contributed by atoms with van der Waals surface area (Å²) in [6.07, 6.45) is 5.28. The Kier molecular flexibility index (Phi) is 4.62. The third kappa shape index (κ3) is 3.72. The topological polar surface area (TPSA) is 24.5 Å². The van der Waals surface area contributed by atoms with Gasteiger partial charge in [-0.2, -0.15) is 0 Å². The summed E-state index contributed by atoms with van der Waals surface area (Å²) in [6.45, 7) is 6.56. The highest BCUT2D eigenvalue weighted by atomic mass is 16.5. The van der Waals surface area contributed by atoms with Crippen LogP contribution >= 0.6 is 0 Å². The summed E-state index contributed by atoms with van der Waals surface area (Å²) in [5.74, 6) is 0.840. The van der Waals surface area contributed by atoms with Crippen molar-refractivity contribution >= 4 is 0 Å². The molecule has 1 saturated heterocycles. The van der Waals surface area contributed by atoms with E-state index < -0.39 is 0 Å². The maximum atomic E-state index is 5.37. The zero-order valence-electron chi connectivity index (χ0n) is 10.7. The number of nitrogens with one attached hydrogen (secondary N) is 1. The van der Waals surface area contributed by atoms with Crippen molar-refractivity contribution in [2.75, 3.05) is 33.4 Å². The summed E-state index contributed by atoms with van der Waals surface area (Å²) in [5.41, 5.74) is 0. The van der Waals surface area contributed by atoms with Crippen molar-refractivity contribution in [3.05, 3.63) is 0 Å². The standard InChI is InChI=1S/C13H26N2O/c1-11(15(2)13-3-4-13)9-14-10-12-5-7-16-8-6-12/h11-14H,3-10H2,1-2H3. The van der Waals surface area contributed by atoms with E-state index in [1.807, 2.05) is 0 Å². The van der Waals surface area contributed by atoms with Gasteiger partial charge in [0.15, 0.2) is 0 Å². The van der Waals surface area contributed by atoms with Crippen LogP contribution in [0.15, 0.2) is 0 Å². The highest BCUT2D eigenvalue weighted by Crippen LogP contribution is 2.26. The highest BCUT2D eigenvalue weighted by Gasteiger charge is 2.28. The maximum Gasteiger partial charge on any atom is 0.0469 e. The molecule has 1 heterocycles. The van der Waals surface area contributed by atoms with E-state index >= 15 is 0 Å². The molecule has 16 heavy (non-hydrogen) atoms. The van der Waals surface area contributed by atoms with Crippen molar-refractivity contribution in [2.45, 2.75) is 44.7 Å². The van der Waals surface area contributed by atoms with E-state index in [0.29, 0.717) is 6.04 Å². The van der Waals surface area contributed by atoms with Gasteiger partial charge >= 0.3 is 0 Å². The lowest BCUT2D eigenvalue weighted by Gasteiger charge is -2.27. The summed E-state index contributed by atoms with van der Waals surface area (Å²) in [6, 6.07) is 1.55. The maximum absolute atomic E-state index is 5.37. The summed E-state index contributed by atoms with van der Waals surface area (Å²) in [7, 11) is 2.26. The minimum atomic E-state index is 0.673. The molecule has 0 amide bonds. The van der Waals surface area contributed by atoms with Crippen molar-refractivity contribution in [1.29, 1.82) is 0 Å². The normalized spacial score (nSPS) is 24.9. The van der Waals surface area contributed by atoms with E-state index in [9.17, 15) is 0 Å². The Morgan fingerprint density at radius 3 is 2.56 bits per heavy atom. The van der Waals surface area contributed by atoms with E-state index in [0.717, 1.165) is 31.7 Å². The van der Waals surface area contributed by atoms with E-state index in [-0.39, 0.29) is 0 Å². The highest BCUT2D eigenvalue weighted by molar-refractivity contribution is 4.85. The molecule has 1 aliphatic heterocycles. The lowest BCUT2D eigenvalue weighted by molar-refractivity contribution is 0.0658. The second-order valence-electron chi connectivity index (χ2n) is 5.46. The first-order valence-electron chi connectivity index (χ1n) is 6.77. The molecule has 1 aliphatic carbocycles. The zero-order valence-corrected chi connectivity index (χ0v) is 10.7. The lowest BCUT2D eigenvalue weighted by atomic mass is 10.0. The third-order valence-corrected chi connectivity index (χ3v) is 4.03. The molecule has 0 aromatic rings. The van der Waals surface area contributed by atoms with Gasteiger partial charge in [0.1, 0.15) is 0 Å². The van der Waals surface area contributed by atoms with Crippen LogP contribution in [0.4, 0.5) is 0 Å². The van der Waals surface area contributed by atoms with E-state index in [2.05, 4.69) is 24.2 Å². The molecule has 2 aliphatic rings. The molecule has 1 atom stereocenters. The van der Waals surface area contributed by atoms with Gasteiger partial charge < -0.3 is 10.1 Å². The lowest BCUT2D eigenvalue weighted by Crippen LogP contribution is -2.41. The molecule has 94 valence electrons. The Morgan fingerprint density at radius 2 is 1.94 bits per heavy atom. The SMILES string of the molecule is CC(CNCC1CCOCC1)N(C)C1CC1. The van der Waals surface area contributed by atoms with Crippen LogP contribution in [0, 0.1) is 5.92 Å². The van der Waals surface area contributed by atoms with Crippen molar-refractivity contribution < 1.29 is 4.74 Å². The number of likely N-dealkylation sites (N-methyl/N-ethyl adjacent to an activating group) is 1. The molecular weight excluding hydrogens is 200 g/mol. The van der Waals surface area contributed by atoms with Gasteiger partial charge in [-0.1, -0.05) is 0 Å². The molecule has 1 unspecified atom stereocenters. The minimum absolute atomic E-state index is 0.673. The van der Waals surface area contributed by atoms with Gasteiger partial charge in [0.25, 0.3) is 0 Å². The predicted molar refractivity (Wildman–Crippen MR) is 66.7 cm³/mol. The fourth-order valence-corrected chi connectivity index (χ4v) is 2.43. The second kappa shape index (κ2) is 5.99. The van der Waals surface area contributed by atoms with Gasteiger partial charge in [0.05, 0.1) is 0 Å². The largest absolute Gasteiger partial charge is 0.381 e. The van der Waals surface area contributed by atoms with E-state index in [1.54, 1.807) is 0 Å². The van der Waals surface area contributed by atoms with Crippen molar-refractivity contribution in [1.82, 2.24) is 10.2 Å². The average molecular weight is 226 g/mol. The first-order valence-corrected chi connectivity index (χ1v) is 6.77. The van der Waals surface area contributed by atoms with Crippen molar-refractivity contribution in [3.63, 3.8) is 0 Å². The zero-order chi connectivity index (χ0) is 11.4. The van der Waals surface area contributed by atoms with Crippen LogP contribution in [0.5, 0.6) is 0 Å². The number of ether oxygens (including phenoxy) is 1. The molecule has 3 heteroatoms. The van der Waals surface area contributed by atoms with Gasteiger partial charge in [-0.05, 0) is 52.1 Å². The summed E-state index contributed by atoms with van der Waals surface area (Å²) in [4.78, 5) is 2.52. The predicted octanol–water partition coefficient (Wildman–Crippen LogP) is 1.49. The molecule has 3 nitrogen and oxygen atoms in total. The molecule has 2 fully saturated rings. The van der Waals surface area contributed by atoms with Crippen LogP contribution in [-0.2, 0) is 4.74 Å². The van der Waals surface area contributed by atoms with Crippen LogP contribution in [0.1, 0.15) is 32.6 Å². The van der Waals surface area contributed by atoms with Crippen molar-refractivity contribution in [3.8, 4) is 0 Å². The smallest absolute Gasteiger partial charge is 0.0469 e. The monoisotopic (exact) mass is 226 g/mol. The fraction of sp³-hybridized carbons (Fsp3) is 1.00. The Labute approximate surface area is 99.5 Å². The fourth-order valence-electron chi connectivity index (χ4n) is 2.43. The van der Waals surface area contributed by atoms with Crippen LogP contribution in [0.2, 0.25) is 0 Å². The van der Waals surface area contributed by atoms with Gasteiger partial charge in [-0.25, -0.2) is 0 Å². The Hall–Kier alpha value is -0.120. The molecular formula is C13H26N2O. The minimum Gasteiger partial charge on any atom is -0.381 e. The molecule has 1 saturated carbocycles. The molecule has 0 aromatic heterocycles. The van der Waals surface area contributed by atoms with Crippen molar-refractivity contribution in [2.24, 2.45) is 5.92 Å². The van der Waals surface area contributed by atoms with Gasteiger partial charge in [-0.15, -0.1) is 0 Å². The average Bonchev–Trinajstić information content (AvgIpc) is 3.13. The van der Waals surface area contributed by atoms with Gasteiger partial charge in [0.2, 0.25) is 0 Å². The van der Waals surface area contributed by atoms with Crippen LogP contribution in [0.25, 0.3) is 0 Å². The molecule has 2 rings (SSSR count). The second-order valence-corrected chi connectivity index (χ2v) is 5.46. The number of hydrogen-bond donors (Lipinski definition) is 1. The summed E-state index contributed by atoms with van der Waals surface area (Å²) in [5, 5.41) is 3.62. The van der Waals surface area contributed by atoms with E-state index in [4.69, 9.17) is 4.74 Å². The number of hydrogen-bond acceptors (Lipinski definition) is 3. The van der Waals surface area contributed by atoms with Crippen LogP contribution in [0.3, 0.4) is 0 Å². The molecule has 0 bridgehead atoms. The van der Waals surface area contributed by atoms with Crippen LogP contribution in [-0.4, -0.2) is 50.3 Å². The Balaban J connectivity index is 1.55.